The molecule has 0 saturated carbocycles. The molecule has 0 aliphatic heterocycles. The van der Waals surface area contributed by atoms with E-state index in [1.54, 1.807) is 12.2 Å². The molecule has 0 atom stereocenters. The summed E-state index contributed by atoms with van der Waals surface area (Å²) in [6, 6.07) is 0. The van der Waals surface area contributed by atoms with E-state index >= 15 is 0 Å². The van der Waals surface area contributed by atoms with Gasteiger partial charge in [-0.25, -0.2) is 0 Å². The highest BCUT2D eigenvalue weighted by Gasteiger charge is 2.12. The number of nitrogen functional groups attached to an aromatic ring is 4. The standard InChI is InChI=1S/C6H10N10.H2O4S/c7-5-13-11-3(15(5)9)1-2-4-12-14-6(8)16(4)10;1-5(2,3)4/h1-2H,9-10H2,(H4,7,8,11,12,13,14);(H2,1,2,3,4). The monoisotopic (exact) mass is 320 g/mol. The van der Waals surface area contributed by atoms with Crippen molar-refractivity contribution in [3.63, 3.8) is 0 Å². The van der Waals surface area contributed by atoms with E-state index in [1.807, 2.05) is 0 Å². The largest absolute Gasteiger partial charge is 0.759 e. The SMILES string of the molecule is Nc1n[nH]c(/C=C/c2[nH]nc(N)[n+]2N)[n+]1N.O=S(=O)([O-])[O-]. The zero-order chi connectivity index (χ0) is 16.2. The Morgan fingerprint density at radius 3 is 1.43 bits per heavy atom. The molecule has 0 radical (unpaired) electrons. The van der Waals surface area contributed by atoms with Gasteiger partial charge in [0.25, 0.3) is 0 Å². The molecule has 0 saturated heterocycles. The number of rotatable bonds is 2. The van der Waals surface area contributed by atoms with Crippen LogP contribution in [0.15, 0.2) is 0 Å². The number of hydrogen-bond acceptors (Lipinski definition) is 10. The Hall–Kier alpha value is -2.91. The molecule has 0 aromatic carbocycles. The third-order valence-electron chi connectivity index (χ3n) is 1.98. The minimum atomic E-state index is -5.17. The summed E-state index contributed by atoms with van der Waals surface area (Å²) in [7, 11) is -5.17. The van der Waals surface area contributed by atoms with Crippen LogP contribution in [0.1, 0.15) is 11.6 Å². The zero-order valence-electron chi connectivity index (χ0n) is 10.3. The maximum atomic E-state index is 8.52. The molecule has 0 fully saturated rings. The van der Waals surface area contributed by atoms with Gasteiger partial charge < -0.3 is 20.6 Å². The molecule has 14 nitrogen and oxygen atoms in total. The minimum absolute atomic E-state index is 0.171. The predicted molar refractivity (Wildman–Crippen MR) is 66.1 cm³/mol. The van der Waals surface area contributed by atoms with Crippen LogP contribution in [0, 0.1) is 0 Å². The fourth-order valence-corrected chi connectivity index (χ4v) is 1.08. The lowest BCUT2D eigenvalue weighted by Crippen LogP contribution is -2.48. The van der Waals surface area contributed by atoms with Crippen LogP contribution in [0.4, 0.5) is 11.9 Å². The highest BCUT2D eigenvalue weighted by molar-refractivity contribution is 7.79. The summed E-state index contributed by atoms with van der Waals surface area (Å²) in [5, 5.41) is 12.7. The van der Waals surface area contributed by atoms with Crippen LogP contribution in [0.5, 0.6) is 0 Å². The average Bonchev–Trinajstić information content (AvgIpc) is 2.83. The first kappa shape index (κ1) is 16.1. The first-order chi connectivity index (χ1) is 9.59. The Balaban J connectivity index is 0.000000383. The summed E-state index contributed by atoms with van der Waals surface area (Å²) < 4.78 is 36.5. The van der Waals surface area contributed by atoms with Gasteiger partial charge in [0, 0.05) is 32.7 Å². The smallest absolute Gasteiger partial charge is 0.396 e. The lowest BCUT2D eigenvalue weighted by atomic mass is 10.4. The van der Waals surface area contributed by atoms with Crippen LogP contribution in [0.25, 0.3) is 12.2 Å². The average molecular weight is 320 g/mol. The molecule has 0 amide bonds. The molecule has 2 aromatic heterocycles. The van der Waals surface area contributed by atoms with Crippen LogP contribution in [0.2, 0.25) is 0 Å². The van der Waals surface area contributed by atoms with Gasteiger partial charge in [0.15, 0.2) is 0 Å². The summed E-state index contributed by atoms with van der Waals surface area (Å²) in [6.45, 7) is 0. The van der Waals surface area contributed by atoms with Crippen molar-refractivity contribution >= 4 is 34.4 Å². The molecule has 0 spiro atoms. The van der Waals surface area contributed by atoms with Crippen molar-refractivity contribution in [2.75, 3.05) is 23.2 Å². The minimum Gasteiger partial charge on any atom is -0.759 e. The van der Waals surface area contributed by atoms with Gasteiger partial charge in [-0.2, -0.15) is 10.2 Å². The van der Waals surface area contributed by atoms with Gasteiger partial charge in [0.2, 0.25) is 11.6 Å². The molecule has 21 heavy (non-hydrogen) atoms. The number of nitrogens with two attached hydrogens (primary N) is 4. The number of aromatic nitrogens is 6. The summed E-state index contributed by atoms with van der Waals surface area (Å²) >= 11 is 0. The van der Waals surface area contributed by atoms with Gasteiger partial charge in [-0.05, 0) is 0 Å². The normalized spacial score (nSPS) is 11.3. The maximum absolute atomic E-state index is 8.52. The van der Waals surface area contributed by atoms with Crippen molar-refractivity contribution in [1.82, 2.24) is 20.4 Å². The zero-order valence-corrected chi connectivity index (χ0v) is 11.1. The molecule has 0 unspecified atom stereocenters. The van der Waals surface area contributed by atoms with Crippen LogP contribution in [0.3, 0.4) is 0 Å². The van der Waals surface area contributed by atoms with Gasteiger partial charge in [-0.3, -0.25) is 20.1 Å². The van der Waals surface area contributed by atoms with Gasteiger partial charge in [-0.1, -0.05) is 0 Å². The van der Waals surface area contributed by atoms with Gasteiger partial charge in [-0.15, -0.1) is 9.35 Å². The second-order valence-electron chi connectivity index (χ2n) is 3.42. The fraction of sp³-hybridized carbons (Fsp3) is 0. The van der Waals surface area contributed by atoms with Crippen LogP contribution in [-0.2, 0) is 10.4 Å². The fourth-order valence-electron chi connectivity index (χ4n) is 1.08. The first-order valence-electron chi connectivity index (χ1n) is 4.96. The molecule has 15 heteroatoms. The van der Waals surface area contributed by atoms with Crippen molar-refractivity contribution in [2.24, 2.45) is 0 Å². The highest BCUT2D eigenvalue weighted by atomic mass is 32.3. The van der Waals surface area contributed by atoms with Crippen molar-refractivity contribution in [3.8, 4) is 0 Å². The number of nitrogens with one attached hydrogen (secondary N) is 2. The van der Waals surface area contributed by atoms with E-state index in [2.05, 4.69) is 20.4 Å². The molecule has 0 aliphatic carbocycles. The lowest BCUT2D eigenvalue weighted by Gasteiger charge is -2.06. The molecule has 116 valence electrons. The van der Waals surface area contributed by atoms with Crippen molar-refractivity contribution in [3.05, 3.63) is 11.6 Å². The lowest BCUT2D eigenvalue weighted by molar-refractivity contribution is -0.627. The summed E-state index contributed by atoms with van der Waals surface area (Å²) in [5.41, 5.74) is 10.9. The highest BCUT2D eigenvalue weighted by Crippen LogP contribution is 1.97. The van der Waals surface area contributed by atoms with Crippen LogP contribution < -0.4 is 32.5 Å². The number of aromatic amines is 2. The van der Waals surface area contributed by atoms with Gasteiger partial charge >= 0.3 is 11.9 Å². The quantitative estimate of drug-likeness (QED) is 0.133. The van der Waals surface area contributed by atoms with Crippen molar-refractivity contribution in [1.29, 1.82) is 0 Å². The predicted octanol–water partition coefficient (Wildman–Crippen LogP) is -4.87. The van der Waals surface area contributed by atoms with E-state index in [4.69, 9.17) is 40.7 Å². The Morgan fingerprint density at radius 2 is 1.24 bits per heavy atom. The molecule has 2 heterocycles. The van der Waals surface area contributed by atoms with E-state index in [0.717, 1.165) is 0 Å². The van der Waals surface area contributed by atoms with Crippen LogP contribution >= 0.6 is 0 Å². The number of H-pyrrole nitrogens is 2. The van der Waals surface area contributed by atoms with E-state index in [1.165, 1.54) is 9.35 Å². The number of nitrogens with zero attached hydrogens (tertiary/aromatic N) is 4. The Labute approximate surface area is 117 Å². The van der Waals surface area contributed by atoms with Crippen LogP contribution in [-0.4, -0.2) is 37.9 Å². The third kappa shape index (κ3) is 4.93. The molecular weight excluding hydrogens is 308 g/mol. The molecule has 10 N–H and O–H groups in total. The van der Waals surface area contributed by atoms with E-state index in [-0.39, 0.29) is 11.9 Å². The molecule has 2 rings (SSSR count). The Bertz CT molecular complexity index is 689. The van der Waals surface area contributed by atoms with Crippen molar-refractivity contribution in [2.45, 2.75) is 0 Å². The van der Waals surface area contributed by atoms with E-state index < -0.39 is 10.4 Å². The molecule has 0 aliphatic rings. The Kier molecular flexibility index (Phi) is 4.64. The topological polar surface area (TPSA) is 249 Å². The van der Waals surface area contributed by atoms with Crippen molar-refractivity contribution < 1.29 is 26.9 Å². The number of hydrogen-bond donors (Lipinski definition) is 6. The Morgan fingerprint density at radius 1 is 0.952 bits per heavy atom. The molecule has 2 aromatic rings. The summed E-state index contributed by atoms with van der Waals surface area (Å²) in [4.78, 5) is 0. The summed E-state index contributed by atoms with van der Waals surface area (Å²) in [5.74, 6) is 12.5. The summed E-state index contributed by atoms with van der Waals surface area (Å²) in [6.07, 6.45) is 3.25. The van der Waals surface area contributed by atoms with E-state index in [9.17, 15) is 0 Å². The first-order valence-corrected chi connectivity index (χ1v) is 6.29. The maximum Gasteiger partial charge on any atom is 0.396 e. The second kappa shape index (κ2) is 6.03. The molecular formula is C6H12N10O4S. The number of anilines is 2. The van der Waals surface area contributed by atoms with E-state index in [0.29, 0.717) is 11.6 Å². The van der Waals surface area contributed by atoms with Gasteiger partial charge in [0.05, 0.1) is 0 Å². The van der Waals surface area contributed by atoms with Gasteiger partial charge in [0.1, 0.15) is 0 Å². The second-order valence-corrected chi connectivity index (χ2v) is 4.23. The third-order valence-corrected chi connectivity index (χ3v) is 1.98. The molecule has 0 bridgehead atoms.